The average Bonchev–Trinajstić information content (AvgIpc) is 3.14. The fraction of sp³-hybridized carbons (Fsp3) is 0.421. The smallest absolute Gasteiger partial charge is 0.191 e. The molecule has 0 aliphatic heterocycles. The van der Waals surface area contributed by atoms with E-state index in [1.165, 1.54) is 11.1 Å². The van der Waals surface area contributed by atoms with Crippen molar-refractivity contribution in [2.75, 3.05) is 26.7 Å². The van der Waals surface area contributed by atoms with E-state index in [1.807, 2.05) is 25.1 Å². The molecule has 4 nitrogen and oxygen atoms in total. The number of hydrogen-bond acceptors (Lipinski definition) is 3. The molecule has 0 saturated carbocycles. The highest BCUT2D eigenvalue weighted by atomic mass is 32.1. The maximum Gasteiger partial charge on any atom is 0.191 e. The summed E-state index contributed by atoms with van der Waals surface area (Å²) in [5, 5.41) is 11.1. The van der Waals surface area contributed by atoms with E-state index in [-0.39, 0.29) is 0 Å². The predicted molar refractivity (Wildman–Crippen MR) is 103 cm³/mol. The Morgan fingerprint density at radius 1 is 1.25 bits per heavy atom. The van der Waals surface area contributed by atoms with Crippen LogP contribution in [0.2, 0.25) is 0 Å². The third-order valence-corrected chi connectivity index (χ3v) is 4.57. The Labute approximate surface area is 149 Å². The maximum absolute atomic E-state index is 5.67. The van der Waals surface area contributed by atoms with Gasteiger partial charge in [-0.3, -0.25) is 4.99 Å². The van der Waals surface area contributed by atoms with Gasteiger partial charge >= 0.3 is 0 Å². The molecule has 1 unspecified atom stereocenters. The zero-order chi connectivity index (χ0) is 17.2. The van der Waals surface area contributed by atoms with Crippen molar-refractivity contribution in [2.24, 2.45) is 4.99 Å². The summed E-state index contributed by atoms with van der Waals surface area (Å²) in [4.78, 5) is 4.30. The summed E-state index contributed by atoms with van der Waals surface area (Å²) in [6.45, 7) is 6.60. The number of nitrogens with one attached hydrogen (secondary N) is 2. The number of ether oxygens (including phenoxy) is 1. The summed E-state index contributed by atoms with van der Waals surface area (Å²) in [5.74, 6) is 2.27. The van der Waals surface area contributed by atoms with Crippen LogP contribution in [0.15, 0.2) is 46.1 Å². The molecule has 0 aliphatic rings. The first kappa shape index (κ1) is 18.3. The molecule has 2 rings (SSSR count). The fourth-order valence-electron chi connectivity index (χ4n) is 2.47. The van der Waals surface area contributed by atoms with Gasteiger partial charge in [0.05, 0.1) is 6.61 Å². The van der Waals surface area contributed by atoms with E-state index >= 15 is 0 Å². The molecule has 0 amide bonds. The second kappa shape index (κ2) is 9.98. The second-order valence-corrected chi connectivity index (χ2v) is 6.41. The molecule has 0 fully saturated rings. The molecule has 0 spiro atoms. The second-order valence-electron chi connectivity index (χ2n) is 5.63. The third kappa shape index (κ3) is 5.57. The molecule has 1 aromatic heterocycles. The Hall–Kier alpha value is -2.01. The number of guanidine groups is 1. The van der Waals surface area contributed by atoms with Gasteiger partial charge in [-0.25, -0.2) is 0 Å². The first-order chi connectivity index (χ1) is 11.7. The molecule has 0 saturated heterocycles. The summed E-state index contributed by atoms with van der Waals surface area (Å²) in [7, 11) is 1.80. The van der Waals surface area contributed by atoms with E-state index in [2.05, 4.69) is 45.4 Å². The van der Waals surface area contributed by atoms with Gasteiger partial charge in [0, 0.05) is 20.1 Å². The monoisotopic (exact) mass is 345 g/mol. The normalized spacial score (nSPS) is 12.7. The van der Waals surface area contributed by atoms with E-state index < -0.39 is 0 Å². The Bertz CT molecular complexity index is 625. The number of nitrogens with zero attached hydrogens (tertiary/aromatic N) is 1. The zero-order valence-corrected chi connectivity index (χ0v) is 15.5. The molecule has 130 valence electrons. The highest BCUT2D eigenvalue weighted by molar-refractivity contribution is 7.07. The van der Waals surface area contributed by atoms with Crippen LogP contribution >= 0.6 is 11.3 Å². The number of para-hydroxylation sites is 1. The zero-order valence-electron chi connectivity index (χ0n) is 14.7. The maximum atomic E-state index is 5.67. The topological polar surface area (TPSA) is 45.6 Å². The van der Waals surface area contributed by atoms with Crippen LogP contribution in [-0.4, -0.2) is 32.7 Å². The number of benzene rings is 1. The molecule has 0 radical (unpaired) electrons. The summed E-state index contributed by atoms with van der Waals surface area (Å²) in [6.07, 6.45) is 0.900. The van der Waals surface area contributed by atoms with Gasteiger partial charge in [0.1, 0.15) is 5.75 Å². The lowest BCUT2D eigenvalue weighted by atomic mass is 10.1. The largest absolute Gasteiger partial charge is 0.494 e. The van der Waals surface area contributed by atoms with Crippen LogP contribution in [0.4, 0.5) is 0 Å². The lowest BCUT2D eigenvalue weighted by Crippen LogP contribution is -2.39. The van der Waals surface area contributed by atoms with Gasteiger partial charge in [-0.05, 0) is 53.3 Å². The molecule has 0 bridgehead atoms. The van der Waals surface area contributed by atoms with Crippen molar-refractivity contribution in [2.45, 2.75) is 26.2 Å². The van der Waals surface area contributed by atoms with Crippen LogP contribution in [0, 0.1) is 0 Å². The Morgan fingerprint density at radius 3 is 2.79 bits per heavy atom. The first-order valence-electron chi connectivity index (χ1n) is 8.42. The molecule has 24 heavy (non-hydrogen) atoms. The molecular weight excluding hydrogens is 318 g/mol. The standard InChI is InChI=1S/C19H27N3OS/c1-4-23-18-8-6-5-7-16(18)9-11-21-19(20-3)22-13-15(2)17-10-12-24-14-17/h5-8,10,12,14-15H,4,9,11,13H2,1-3H3,(H2,20,21,22). The van der Waals surface area contributed by atoms with Crippen LogP contribution in [-0.2, 0) is 6.42 Å². The van der Waals surface area contributed by atoms with Crippen molar-refractivity contribution in [1.29, 1.82) is 0 Å². The van der Waals surface area contributed by atoms with Crippen LogP contribution in [0.1, 0.15) is 30.9 Å². The van der Waals surface area contributed by atoms with Crippen molar-refractivity contribution < 1.29 is 4.74 Å². The van der Waals surface area contributed by atoms with Gasteiger partial charge in [0.15, 0.2) is 5.96 Å². The van der Waals surface area contributed by atoms with Crippen LogP contribution in [0.25, 0.3) is 0 Å². The predicted octanol–water partition coefficient (Wildman–Crippen LogP) is 3.66. The van der Waals surface area contributed by atoms with E-state index in [1.54, 1.807) is 18.4 Å². The minimum atomic E-state index is 0.466. The first-order valence-corrected chi connectivity index (χ1v) is 9.36. The van der Waals surface area contributed by atoms with Crippen LogP contribution in [0.5, 0.6) is 5.75 Å². The molecular formula is C19H27N3OS. The van der Waals surface area contributed by atoms with Gasteiger partial charge in [0.25, 0.3) is 0 Å². The van der Waals surface area contributed by atoms with Crippen LogP contribution < -0.4 is 15.4 Å². The lowest BCUT2D eigenvalue weighted by molar-refractivity contribution is 0.336. The highest BCUT2D eigenvalue weighted by Crippen LogP contribution is 2.18. The minimum Gasteiger partial charge on any atom is -0.494 e. The summed E-state index contributed by atoms with van der Waals surface area (Å²) in [6, 6.07) is 10.4. The van der Waals surface area contributed by atoms with E-state index in [0.29, 0.717) is 12.5 Å². The van der Waals surface area contributed by atoms with Crippen molar-refractivity contribution in [1.82, 2.24) is 10.6 Å². The Kier molecular flexibility index (Phi) is 7.62. The fourth-order valence-corrected chi connectivity index (χ4v) is 3.25. The van der Waals surface area contributed by atoms with Gasteiger partial charge in [-0.2, -0.15) is 11.3 Å². The number of rotatable bonds is 8. The summed E-state index contributed by atoms with van der Waals surface area (Å²) in [5.41, 5.74) is 2.59. The van der Waals surface area contributed by atoms with Gasteiger partial charge in [-0.1, -0.05) is 25.1 Å². The highest BCUT2D eigenvalue weighted by Gasteiger charge is 2.07. The quantitative estimate of drug-likeness (QED) is 0.567. The molecule has 1 atom stereocenters. The SMILES string of the molecule is CCOc1ccccc1CCNC(=NC)NCC(C)c1ccsc1. The summed E-state index contributed by atoms with van der Waals surface area (Å²) < 4.78 is 5.67. The van der Waals surface area contributed by atoms with Gasteiger partial charge < -0.3 is 15.4 Å². The molecule has 2 N–H and O–H groups in total. The Morgan fingerprint density at radius 2 is 2.08 bits per heavy atom. The molecule has 2 aromatic rings. The van der Waals surface area contributed by atoms with Crippen molar-refractivity contribution >= 4 is 17.3 Å². The molecule has 5 heteroatoms. The van der Waals surface area contributed by atoms with Crippen molar-refractivity contribution in [3.8, 4) is 5.75 Å². The van der Waals surface area contributed by atoms with Gasteiger partial charge in [-0.15, -0.1) is 0 Å². The van der Waals surface area contributed by atoms with E-state index in [4.69, 9.17) is 4.74 Å². The van der Waals surface area contributed by atoms with Gasteiger partial charge in [0.2, 0.25) is 0 Å². The molecule has 1 aromatic carbocycles. The number of thiophene rings is 1. The van der Waals surface area contributed by atoms with E-state index in [9.17, 15) is 0 Å². The lowest BCUT2D eigenvalue weighted by Gasteiger charge is -2.16. The number of hydrogen-bond donors (Lipinski definition) is 2. The van der Waals surface area contributed by atoms with Crippen LogP contribution in [0.3, 0.4) is 0 Å². The number of aliphatic imine (C=N–C) groups is 1. The summed E-state index contributed by atoms with van der Waals surface area (Å²) >= 11 is 1.74. The minimum absolute atomic E-state index is 0.466. The van der Waals surface area contributed by atoms with E-state index in [0.717, 1.165) is 31.2 Å². The third-order valence-electron chi connectivity index (χ3n) is 3.87. The molecule has 1 heterocycles. The molecule has 0 aliphatic carbocycles. The average molecular weight is 346 g/mol. The van der Waals surface area contributed by atoms with Crippen molar-refractivity contribution in [3.05, 3.63) is 52.2 Å². The van der Waals surface area contributed by atoms with Crippen molar-refractivity contribution in [3.63, 3.8) is 0 Å². The Balaban J connectivity index is 1.78.